The van der Waals surface area contributed by atoms with Crippen molar-refractivity contribution in [1.82, 2.24) is 10.6 Å². The van der Waals surface area contributed by atoms with Gasteiger partial charge in [0.05, 0.1) is 11.3 Å². The molecular weight excluding hydrogens is 262 g/mol. The fourth-order valence-electron chi connectivity index (χ4n) is 1.49. The number of nitrogens with one attached hydrogen (secondary N) is 3. The Morgan fingerprint density at radius 1 is 1.32 bits per heavy atom. The molecule has 19 heavy (non-hydrogen) atoms. The molecule has 5 nitrogen and oxygen atoms in total. The molecule has 0 aliphatic carbocycles. The molecule has 1 aromatic rings. The highest BCUT2D eigenvalue weighted by atomic mass is 32.1. The van der Waals surface area contributed by atoms with E-state index in [1.165, 1.54) is 0 Å². The zero-order valence-corrected chi connectivity index (χ0v) is 11.7. The van der Waals surface area contributed by atoms with Crippen LogP contribution in [0, 0.1) is 0 Å². The molecule has 0 unspecified atom stereocenters. The number of rotatable bonds is 6. The zero-order chi connectivity index (χ0) is 14.1. The predicted octanol–water partition coefficient (Wildman–Crippen LogP) is 1.11. The van der Waals surface area contributed by atoms with Gasteiger partial charge in [0.25, 0.3) is 5.91 Å². The van der Waals surface area contributed by atoms with E-state index in [-0.39, 0.29) is 12.5 Å². The Morgan fingerprint density at radius 2 is 2.05 bits per heavy atom. The lowest BCUT2D eigenvalue weighted by molar-refractivity contribution is 0.0952. The molecule has 0 aliphatic rings. The van der Waals surface area contributed by atoms with Crippen LogP contribution in [0.2, 0.25) is 0 Å². The second-order valence-corrected chi connectivity index (χ2v) is 4.27. The Labute approximate surface area is 118 Å². The van der Waals surface area contributed by atoms with Crippen molar-refractivity contribution < 1.29 is 9.90 Å². The smallest absolute Gasteiger partial charge is 0.253 e. The first-order valence-corrected chi connectivity index (χ1v) is 6.62. The van der Waals surface area contributed by atoms with E-state index in [1.807, 2.05) is 13.0 Å². The van der Waals surface area contributed by atoms with Crippen molar-refractivity contribution in [2.75, 3.05) is 25.0 Å². The summed E-state index contributed by atoms with van der Waals surface area (Å²) in [5, 5.41) is 17.9. The van der Waals surface area contributed by atoms with E-state index >= 15 is 0 Å². The third-order valence-corrected chi connectivity index (χ3v) is 2.62. The summed E-state index contributed by atoms with van der Waals surface area (Å²) in [6, 6.07) is 7.15. The van der Waals surface area contributed by atoms with Crippen molar-refractivity contribution in [3.63, 3.8) is 0 Å². The van der Waals surface area contributed by atoms with E-state index in [2.05, 4.69) is 16.0 Å². The summed E-state index contributed by atoms with van der Waals surface area (Å²) in [7, 11) is 0. The lowest BCUT2D eigenvalue weighted by Crippen LogP contribution is -2.30. The monoisotopic (exact) mass is 281 g/mol. The number of anilines is 1. The lowest BCUT2D eigenvalue weighted by Gasteiger charge is -2.13. The van der Waals surface area contributed by atoms with Gasteiger partial charge in [-0.05, 0) is 37.7 Å². The zero-order valence-electron chi connectivity index (χ0n) is 10.9. The normalized spacial score (nSPS) is 9.79. The summed E-state index contributed by atoms with van der Waals surface area (Å²) < 4.78 is 0. The molecule has 0 spiro atoms. The topological polar surface area (TPSA) is 73.4 Å². The Morgan fingerprint density at radius 3 is 2.74 bits per heavy atom. The van der Waals surface area contributed by atoms with Crippen LogP contribution in [0.25, 0.3) is 0 Å². The first-order valence-electron chi connectivity index (χ1n) is 6.22. The Hall–Kier alpha value is -1.66. The van der Waals surface area contributed by atoms with Crippen molar-refractivity contribution in [2.24, 2.45) is 0 Å². The van der Waals surface area contributed by atoms with Gasteiger partial charge in [-0.3, -0.25) is 4.79 Å². The summed E-state index contributed by atoms with van der Waals surface area (Å²) in [5.41, 5.74) is 1.19. The quantitative estimate of drug-likeness (QED) is 0.464. The molecule has 6 heteroatoms. The van der Waals surface area contributed by atoms with Crippen LogP contribution < -0.4 is 16.0 Å². The molecule has 104 valence electrons. The molecule has 0 bridgehead atoms. The molecule has 4 N–H and O–H groups in total. The van der Waals surface area contributed by atoms with Crippen molar-refractivity contribution in [2.45, 2.75) is 13.3 Å². The fraction of sp³-hybridized carbons (Fsp3) is 0.385. The number of para-hydroxylation sites is 1. The molecule has 0 saturated heterocycles. The molecule has 0 aliphatic heterocycles. The van der Waals surface area contributed by atoms with Gasteiger partial charge in [0, 0.05) is 19.7 Å². The van der Waals surface area contributed by atoms with Gasteiger partial charge >= 0.3 is 0 Å². The minimum atomic E-state index is -0.184. The highest BCUT2D eigenvalue weighted by Gasteiger charge is 2.10. The van der Waals surface area contributed by atoms with Gasteiger partial charge < -0.3 is 21.1 Å². The molecule has 0 radical (unpaired) electrons. The van der Waals surface area contributed by atoms with E-state index in [0.29, 0.717) is 29.3 Å². The standard InChI is InChI=1S/C13H19N3O2S/c1-2-14-13(19)16-11-7-4-3-6-10(11)12(18)15-8-5-9-17/h3-4,6-7,17H,2,5,8-9H2,1H3,(H,15,18)(H2,14,16,19). The van der Waals surface area contributed by atoms with Crippen LogP contribution in [0.5, 0.6) is 0 Å². The van der Waals surface area contributed by atoms with Gasteiger partial charge in [-0.2, -0.15) is 0 Å². The maximum absolute atomic E-state index is 12.0. The Kier molecular flexibility index (Phi) is 6.84. The maximum Gasteiger partial charge on any atom is 0.253 e. The molecule has 0 atom stereocenters. The first kappa shape index (κ1) is 15.4. The molecule has 0 fully saturated rings. The third kappa shape index (κ3) is 5.23. The largest absolute Gasteiger partial charge is 0.396 e. The van der Waals surface area contributed by atoms with Gasteiger partial charge in [-0.25, -0.2) is 0 Å². The van der Waals surface area contributed by atoms with Gasteiger partial charge in [0.15, 0.2) is 5.11 Å². The minimum Gasteiger partial charge on any atom is -0.396 e. The van der Waals surface area contributed by atoms with Crippen LogP contribution in [0.15, 0.2) is 24.3 Å². The number of carbonyl (C=O) groups is 1. The fourth-order valence-corrected chi connectivity index (χ4v) is 1.75. The van der Waals surface area contributed by atoms with Crippen LogP contribution in [0.4, 0.5) is 5.69 Å². The molecule has 1 rings (SSSR count). The Balaban J connectivity index is 2.72. The van der Waals surface area contributed by atoms with Gasteiger partial charge in [-0.1, -0.05) is 12.1 Å². The summed E-state index contributed by atoms with van der Waals surface area (Å²) >= 11 is 5.10. The second kappa shape index (κ2) is 8.44. The summed E-state index contributed by atoms with van der Waals surface area (Å²) in [5.74, 6) is -0.184. The number of aliphatic hydroxyl groups excluding tert-OH is 1. The summed E-state index contributed by atoms with van der Waals surface area (Å²) in [6.45, 7) is 3.17. The number of amides is 1. The van der Waals surface area contributed by atoms with E-state index in [1.54, 1.807) is 18.2 Å². The highest BCUT2D eigenvalue weighted by Crippen LogP contribution is 2.14. The number of hydrogen-bond donors (Lipinski definition) is 4. The van der Waals surface area contributed by atoms with Gasteiger partial charge in [0.2, 0.25) is 0 Å². The first-order chi connectivity index (χ1) is 9.19. The van der Waals surface area contributed by atoms with Crippen molar-refractivity contribution in [3.05, 3.63) is 29.8 Å². The summed E-state index contributed by atoms with van der Waals surface area (Å²) in [6.07, 6.45) is 0.539. The highest BCUT2D eigenvalue weighted by molar-refractivity contribution is 7.80. The van der Waals surface area contributed by atoms with Crippen molar-refractivity contribution >= 4 is 28.9 Å². The maximum atomic E-state index is 12.0. The van der Waals surface area contributed by atoms with Crippen LogP contribution in [0.1, 0.15) is 23.7 Å². The second-order valence-electron chi connectivity index (χ2n) is 3.86. The number of benzene rings is 1. The van der Waals surface area contributed by atoms with E-state index < -0.39 is 0 Å². The van der Waals surface area contributed by atoms with Crippen molar-refractivity contribution in [3.8, 4) is 0 Å². The molecule has 0 saturated carbocycles. The van der Waals surface area contributed by atoms with E-state index in [4.69, 9.17) is 17.3 Å². The third-order valence-electron chi connectivity index (χ3n) is 2.38. The average Bonchev–Trinajstić information content (AvgIpc) is 2.39. The van der Waals surface area contributed by atoms with Crippen LogP contribution in [0.3, 0.4) is 0 Å². The van der Waals surface area contributed by atoms with Crippen LogP contribution in [-0.4, -0.2) is 35.8 Å². The van der Waals surface area contributed by atoms with E-state index in [9.17, 15) is 4.79 Å². The number of carbonyl (C=O) groups excluding carboxylic acids is 1. The molecule has 0 heterocycles. The lowest BCUT2D eigenvalue weighted by atomic mass is 10.1. The van der Waals surface area contributed by atoms with E-state index in [0.717, 1.165) is 6.54 Å². The van der Waals surface area contributed by atoms with Gasteiger partial charge in [-0.15, -0.1) is 0 Å². The number of hydrogen-bond acceptors (Lipinski definition) is 3. The molecule has 0 aromatic heterocycles. The summed E-state index contributed by atoms with van der Waals surface area (Å²) in [4.78, 5) is 12.0. The van der Waals surface area contributed by atoms with Crippen LogP contribution in [-0.2, 0) is 0 Å². The van der Waals surface area contributed by atoms with Gasteiger partial charge in [0.1, 0.15) is 0 Å². The number of thiocarbonyl (C=S) groups is 1. The average molecular weight is 281 g/mol. The molecule has 1 aromatic carbocycles. The van der Waals surface area contributed by atoms with Crippen LogP contribution >= 0.6 is 12.2 Å². The van der Waals surface area contributed by atoms with Crippen molar-refractivity contribution in [1.29, 1.82) is 0 Å². The Bertz CT molecular complexity index is 438. The molecule has 1 amide bonds. The molecular formula is C13H19N3O2S. The minimum absolute atomic E-state index is 0.0602. The predicted molar refractivity (Wildman–Crippen MR) is 80.4 cm³/mol. The SMILES string of the molecule is CCNC(=S)Nc1ccccc1C(=O)NCCCO. The number of aliphatic hydroxyl groups is 1.